The van der Waals surface area contributed by atoms with E-state index in [0.29, 0.717) is 5.52 Å². The van der Waals surface area contributed by atoms with E-state index in [4.69, 9.17) is 5.11 Å². The van der Waals surface area contributed by atoms with Crippen LogP contribution in [0.15, 0.2) is 54.7 Å². The molecule has 1 heterocycles. The van der Waals surface area contributed by atoms with Crippen LogP contribution in [0.5, 0.6) is 5.75 Å². The second-order valence-electron chi connectivity index (χ2n) is 4.70. The lowest BCUT2D eigenvalue weighted by atomic mass is 10.0. The van der Waals surface area contributed by atoms with Crippen LogP contribution in [0.3, 0.4) is 0 Å². The molecule has 104 valence electrons. The van der Waals surface area contributed by atoms with E-state index < -0.39 is 5.97 Å². The number of phenolic OH excluding ortho intramolecular Hbond substituents is 1. The molecule has 0 amide bonds. The van der Waals surface area contributed by atoms with Gasteiger partial charge in [-0.2, -0.15) is 0 Å². The Hall–Kier alpha value is -3.08. The van der Waals surface area contributed by atoms with E-state index in [1.807, 2.05) is 6.07 Å². The number of carbonyl (C=O) groups is 1. The molecule has 3 rings (SSSR count). The Kier molecular flexibility index (Phi) is 2.95. The summed E-state index contributed by atoms with van der Waals surface area (Å²) in [7, 11) is 0. The molecule has 3 N–H and O–H groups in total. The van der Waals surface area contributed by atoms with Crippen LogP contribution < -0.4 is 4.73 Å². The second-order valence-corrected chi connectivity index (χ2v) is 4.70. The zero-order valence-electron chi connectivity index (χ0n) is 10.9. The number of benzene rings is 2. The molecule has 0 aliphatic heterocycles. The summed E-state index contributed by atoms with van der Waals surface area (Å²) in [4.78, 5) is 10.8. The first-order valence-corrected chi connectivity index (χ1v) is 6.26. The molecule has 0 atom stereocenters. The highest BCUT2D eigenvalue weighted by Gasteiger charge is 2.13. The van der Waals surface area contributed by atoms with Crippen molar-refractivity contribution in [3.05, 3.63) is 60.3 Å². The molecule has 0 saturated heterocycles. The van der Waals surface area contributed by atoms with Gasteiger partial charge in [0.05, 0.1) is 22.6 Å². The van der Waals surface area contributed by atoms with Crippen LogP contribution in [0.4, 0.5) is 0 Å². The Balaban J connectivity index is 2.12. The van der Waals surface area contributed by atoms with Gasteiger partial charge in [-0.1, -0.05) is 12.1 Å². The first-order chi connectivity index (χ1) is 10.0. The average Bonchev–Trinajstić information content (AvgIpc) is 2.48. The zero-order chi connectivity index (χ0) is 15.0. The molecule has 5 nitrogen and oxygen atoms in total. The lowest BCUT2D eigenvalue weighted by molar-refractivity contribution is -0.884. The second kappa shape index (κ2) is 4.79. The van der Waals surface area contributed by atoms with Gasteiger partial charge in [-0.25, -0.2) is 4.79 Å². The van der Waals surface area contributed by atoms with E-state index in [9.17, 15) is 15.1 Å². The summed E-state index contributed by atoms with van der Waals surface area (Å²) in [5, 5.41) is 29.1. The lowest BCUT2D eigenvalue weighted by Gasteiger charge is -2.02. The summed E-state index contributed by atoms with van der Waals surface area (Å²) in [6.07, 6.45) is 1.51. The molecule has 0 aliphatic rings. The van der Waals surface area contributed by atoms with Crippen molar-refractivity contribution in [2.75, 3.05) is 0 Å². The minimum atomic E-state index is -0.979. The van der Waals surface area contributed by atoms with Gasteiger partial charge in [0.2, 0.25) is 6.20 Å². The van der Waals surface area contributed by atoms with Crippen LogP contribution in [0, 0.1) is 0 Å². The van der Waals surface area contributed by atoms with Crippen LogP contribution in [-0.4, -0.2) is 21.4 Å². The molecule has 0 radical (unpaired) electrons. The van der Waals surface area contributed by atoms with Crippen molar-refractivity contribution < 1.29 is 24.9 Å². The molecule has 0 spiro atoms. The van der Waals surface area contributed by atoms with E-state index in [-0.39, 0.29) is 11.3 Å². The predicted molar refractivity (Wildman–Crippen MR) is 75.4 cm³/mol. The largest absolute Gasteiger partial charge is 0.508 e. The SMILES string of the molecule is O=C(O)c1ccc(-c2cc3ccc(O)cc3[n+](O)c2)cc1. The summed E-state index contributed by atoms with van der Waals surface area (Å²) < 4.78 is 0.940. The number of hydrogen-bond donors (Lipinski definition) is 3. The van der Waals surface area contributed by atoms with Crippen molar-refractivity contribution >= 4 is 16.9 Å². The van der Waals surface area contributed by atoms with Gasteiger partial charge in [0.25, 0.3) is 5.52 Å². The van der Waals surface area contributed by atoms with Gasteiger partial charge in [0, 0.05) is 4.73 Å². The Morgan fingerprint density at radius 1 is 0.952 bits per heavy atom. The molecule has 0 saturated carbocycles. The number of aromatic carboxylic acids is 1. The number of phenols is 1. The van der Waals surface area contributed by atoms with Crippen molar-refractivity contribution in [1.29, 1.82) is 0 Å². The van der Waals surface area contributed by atoms with Crippen molar-refractivity contribution in [2.45, 2.75) is 0 Å². The number of carboxylic acids is 1. The fourth-order valence-electron chi connectivity index (χ4n) is 2.22. The molecular weight excluding hydrogens is 270 g/mol. The van der Waals surface area contributed by atoms with Crippen LogP contribution in [0.25, 0.3) is 22.0 Å². The predicted octanol–water partition coefficient (Wildman–Crippen LogP) is 2.44. The summed E-state index contributed by atoms with van der Waals surface area (Å²) in [6, 6.07) is 13.0. The smallest absolute Gasteiger partial charge is 0.335 e. The standard InChI is InChI=1S/C16H11NO4/c18-14-6-5-12-7-13(9-17(21)15(12)8-14)10-1-3-11(4-2-10)16(19)20/h1-9,21H,(H,19,20)/p+1. The minimum Gasteiger partial charge on any atom is -0.508 e. The average molecular weight is 282 g/mol. The fraction of sp³-hybridized carbons (Fsp3) is 0. The summed E-state index contributed by atoms with van der Waals surface area (Å²) >= 11 is 0. The van der Waals surface area contributed by atoms with Crippen molar-refractivity contribution in [1.82, 2.24) is 0 Å². The van der Waals surface area contributed by atoms with Gasteiger partial charge in [-0.15, -0.1) is 0 Å². The van der Waals surface area contributed by atoms with Crippen LogP contribution in [0.1, 0.15) is 10.4 Å². The number of pyridine rings is 1. The molecule has 2 aromatic carbocycles. The third-order valence-corrected chi connectivity index (χ3v) is 3.30. The third-order valence-electron chi connectivity index (χ3n) is 3.30. The Bertz CT molecular complexity index is 841. The van der Waals surface area contributed by atoms with Gasteiger partial charge >= 0.3 is 5.97 Å². The highest BCUT2D eigenvalue weighted by molar-refractivity contribution is 5.88. The molecule has 3 aromatic rings. The van der Waals surface area contributed by atoms with Gasteiger partial charge in [-0.3, -0.25) is 5.21 Å². The van der Waals surface area contributed by atoms with Gasteiger partial charge in [0.1, 0.15) is 5.75 Å². The Morgan fingerprint density at radius 3 is 2.33 bits per heavy atom. The maximum atomic E-state index is 10.8. The normalized spacial score (nSPS) is 10.7. The Morgan fingerprint density at radius 2 is 1.67 bits per heavy atom. The zero-order valence-corrected chi connectivity index (χ0v) is 10.9. The quantitative estimate of drug-likeness (QED) is 0.498. The maximum Gasteiger partial charge on any atom is 0.335 e. The van der Waals surface area contributed by atoms with E-state index in [2.05, 4.69) is 0 Å². The number of aromatic hydroxyl groups is 1. The van der Waals surface area contributed by atoms with Crippen LogP contribution in [-0.2, 0) is 0 Å². The number of rotatable bonds is 2. The number of fused-ring (bicyclic) bond motifs is 1. The minimum absolute atomic E-state index is 0.0730. The lowest BCUT2D eigenvalue weighted by Crippen LogP contribution is -2.30. The topological polar surface area (TPSA) is 81.6 Å². The molecule has 1 aromatic heterocycles. The van der Waals surface area contributed by atoms with Crippen molar-refractivity contribution in [3.8, 4) is 16.9 Å². The third kappa shape index (κ3) is 2.36. The monoisotopic (exact) mass is 282 g/mol. The molecule has 5 heteroatoms. The van der Waals surface area contributed by atoms with Crippen molar-refractivity contribution in [2.24, 2.45) is 0 Å². The summed E-state index contributed by atoms with van der Waals surface area (Å²) in [6.45, 7) is 0. The number of carboxylic acid groups (broad SMARTS) is 1. The fourth-order valence-corrected chi connectivity index (χ4v) is 2.22. The first-order valence-electron chi connectivity index (χ1n) is 6.26. The van der Waals surface area contributed by atoms with E-state index >= 15 is 0 Å². The molecule has 0 bridgehead atoms. The van der Waals surface area contributed by atoms with Crippen LogP contribution >= 0.6 is 0 Å². The first kappa shape index (κ1) is 12.9. The maximum absolute atomic E-state index is 10.8. The molecule has 0 fully saturated rings. The van der Waals surface area contributed by atoms with E-state index in [1.165, 1.54) is 24.4 Å². The molecule has 21 heavy (non-hydrogen) atoms. The Labute approximate surface area is 119 Å². The number of aromatic nitrogens is 1. The highest BCUT2D eigenvalue weighted by atomic mass is 16.5. The number of hydrogen-bond acceptors (Lipinski definition) is 3. The summed E-state index contributed by atoms with van der Waals surface area (Å²) in [5.74, 6) is -0.906. The summed E-state index contributed by atoms with van der Waals surface area (Å²) in [5.41, 5.74) is 2.23. The molecular formula is C16H12NO4+. The highest BCUT2D eigenvalue weighted by Crippen LogP contribution is 2.24. The molecule has 0 aliphatic carbocycles. The van der Waals surface area contributed by atoms with Crippen molar-refractivity contribution in [3.63, 3.8) is 0 Å². The van der Waals surface area contributed by atoms with E-state index in [0.717, 1.165) is 21.2 Å². The number of nitrogens with zero attached hydrogens (tertiary/aromatic N) is 1. The van der Waals surface area contributed by atoms with Gasteiger partial charge in [-0.05, 0) is 35.9 Å². The van der Waals surface area contributed by atoms with Gasteiger partial charge in [0.15, 0.2) is 0 Å². The van der Waals surface area contributed by atoms with Gasteiger partial charge < -0.3 is 10.2 Å². The van der Waals surface area contributed by atoms with Crippen LogP contribution in [0.2, 0.25) is 0 Å². The van der Waals surface area contributed by atoms with E-state index in [1.54, 1.807) is 24.3 Å². The molecule has 0 unspecified atom stereocenters.